The second-order valence-electron chi connectivity index (χ2n) is 12.3. The second-order valence-corrected chi connectivity index (χ2v) is 12.3. The molecular weight excluding hydrogens is 603 g/mol. The summed E-state index contributed by atoms with van der Waals surface area (Å²) in [6, 6.07) is 7.44. The monoisotopic (exact) mass is 639 g/mol. The van der Waals surface area contributed by atoms with Crippen LogP contribution in [0, 0.1) is 0 Å². The van der Waals surface area contributed by atoms with E-state index >= 15 is 0 Å². The number of hydrogen-bond acceptors (Lipinski definition) is 8. The molecule has 12 nitrogen and oxygen atoms in total. The Bertz CT molecular complexity index is 1830. The van der Waals surface area contributed by atoms with Crippen molar-refractivity contribution in [2.75, 3.05) is 69.7 Å². The van der Waals surface area contributed by atoms with E-state index in [4.69, 9.17) is 9.72 Å². The lowest BCUT2D eigenvalue weighted by Crippen LogP contribution is -2.44. The van der Waals surface area contributed by atoms with Gasteiger partial charge in [0.25, 0.3) is 11.5 Å². The van der Waals surface area contributed by atoms with Gasteiger partial charge in [-0.05, 0) is 44.2 Å². The Morgan fingerprint density at radius 1 is 0.978 bits per heavy atom. The molecule has 1 amide bonds. The highest BCUT2D eigenvalue weighted by Crippen LogP contribution is 2.41. The number of carbonyl (C=O) groups excluding carboxylic acids is 1. The van der Waals surface area contributed by atoms with Crippen LogP contribution in [0.1, 0.15) is 29.2 Å². The van der Waals surface area contributed by atoms with Crippen molar-refractivity contribution in [3.63, 3.8) is 0 Å². The van der Waals surface area contributed by atoms with Gasteiger partial charge in [0, 0.05) is 64.7 Å². The molecule has 2 bridgehead atoms. The topological polar surface area (TPSA) is 106 Å². The van der Waals surface area contributed by atoms with Gasteiger partial charge in [-0.25, -0.2) is 9.67 Å². The number of imidazole rings is 1. The van der Waals surface area contributed by atoms with Crippen LogP contribution < -0.4 is 20.5 Å². The predicted octanol–water partition coefficient (Wildman–Crippen LogP) is 3.19. The number of piperazine rings is 1. The highest BCUT2D eigenvalue weighted by atomic mass is 19.4. The first-order chi connectivity index (χ1) is 22.0. The van der Waals surface area contributed by atoms with Crippen LogP contribution in [0.25, 0.3) is 22.2 Å². The number of carbonyl (C=O) groups is 1. The van der Waals surface area contributed by atoms with Gasteiger partial charge in [0.05, 0.1) is 46.5 Å². The van der Waals surface area contributed by atoms with E-state index in [0.29, 0.717) is 22.5 Å². The summed E-state index contributed by atoms with van der Waals surface area (Å²) in [4.78, 5) is 37.6. The average molecular weight is 640 g/mol. The molecule has 0 atom stereocenters. The molecule has 244 valence electrons. The van der Waals surface area contributed by atoms with Crippen molar-refractivity contribution in [2.24, 2.45) is 7.05 Å². The standard InChI is InChI=1S/C31H36F3N9O3/c1-38-7-10-41(11-8-38)22-5-6-25-26(16-22)42-12-9-40(19-31(32,33)34)13-14-46-29-24(17-35-43(29)21-3-4-21)23-15-20(18-39(2)28(23)45)27(44)37-30(42)36-25/h5-6,15-18,21H,3-4,7-14,19H2,1-2H3,(H,36,37,44). The zero-order valence-electron chi connectivity index (χ0n) is 25.8. The number of pyridine rings is 1. The molecule has 2 aliphatic heterocycles. The van der Waals surface area contributed by atoms with Gasteiger partial charge in [0.2, 0.25) is 11.8 Å². The third kappa shape index (κ3) is 6.08. The molecule has 5 heterocycles. The molecule has 7 rings (SSSR count). The van der Waals surface area contributed by atoms with Crippen molar-refractivity contribution in [3.8, 4) is 17.0 Å². The molecule has 0 unspecified atom stereocenters. The minimum Gasteiger partial charge on any atom is -0.476 e. The SMILES string of the molecule is CN1CCN(c2ccc3nc4n(c3c2)CCN(CC(F)(F)F)CCOc2c(cnn2C2CC2)-c2cc(cn(C)c2=O)C(=O)N4)CC1. The molecular formula is C31H36F3N9O3. The Morgan fingerprint density at radius 2 is 1.76 bits per heavy atom. The Kier molecular flexibility index (Phi) is 7.75. The van der Waals surface area contributed by atoms with Gasteiger partial charge in [-0.1, -0.05) is 0 Å². The quantitative estimate of drug-likeness (QED) is 0.365. The summed E-state index contributed by atoms with van der Waals surface area (Å²) in [5.41, 5.74) is 2.76. The van der Waals surface area contributed by atoms with Gasteiger partial charge in [0.1, 0.15) is 6.61 Å². The van der Waals surface area contributed by atoms with Gasteiger partial charge < -0.3 is 23.7 Å². The smallest absolute Gasteiger partial charge is 0.401 e. The lowest BCUT2D eigenvalue weighted by molar-refractivity contribution is -0.146. The number of benzene rings is 1. The van der Waals surface area contributed by atoms with Crippen molar-refractivity contribution >= 4 is 28.6 Å². The third-order valence-corrected chi connectivity index (χ3v) is 8.89. The second kappa shape index (κ2) is 11.8. The van der Waals surface area contributed by atoms with Crippen LogP contribution in [0.5, 0.6) is 5.88 Å². The summed E-state index contributed by atoms with van der Waals surface area (Å²) in [7, 11) is 3.64. The molecule has 0 radical (unpaired) electrons. The maximum atomic E-state index is 13.8. The molecule has 15 heteroatoms. The third-order valence-electron chi connectivity index (χ3n) is 8.89. The van der Waals surface area contributed by atoms with Crippen LogP contribution in [0.15, 0.2) is 41.5 Å². The average Bonchev–Trinajstić information content (AvgIpc) is 3.68. The number of nitrogens with one attached hydrogen (secondary N) is 1. The van der Waals surface area contributed by atoms with Gasteiger partial charge in [-0.2, -0.15) is 18.3 Å². The number of fused-ring (bicyclic) bond motifs is 7. The van der Waals surface area contributed by atoms with Crippen LogP contribution in [-0.2, 0) is 13.6 Å². The van der Waals surface area contributed by atoms with Crippen molar-refractivity contribution in [3.05, 3.63) is 52.6 Å². The Labute approximate surface area is 262 Å². The van der Waals surface area contributed by atoms with E-state index in [1.54, 1.807) is 16.3 Å². The number of rotatable bonds is 3. The summed E-state index contributed by atoms with van der Waals surface area (Å²) in [6.07, 6.45) is 0.309. The molecule has 1 N–H and O–H groups in total. The Morgan fingerprint density at radius 3 is 2.50 bits per heavy atom. The van der Waals surface area contributed by atoms with Gasteiger partial charge in [-0.15, -0.1) is 0 Å². The van der Waals surface area contributed by atoms with E-state index in [9.17, 15) is 22.8 Å². The van der Waals surface area contributed by atoms with Crippen molar-refractivity contribution in [2.45, 2.75) is 31.6 Å². The maximum absolute atomic E-state index is 13.8. The Balaban J connectivity index is 1.31. The molecule has 3 aliphatic rings. The van der Waals surface area contributed by atoms with E-state index < -0.39 is 18.6 Å². The first kappa shape index (κ1) is 30.3. The fourth-order valence-electron chi connectivity index (χ4n) is 6.19. The number of likely N-dealkylation sites (N-methyl/N-ethyl adjacent to an activating group) is 1. The molecule has 3 aromatic heterocycles. The van der Waals surface area contributed by atoms with Crippen LogP contribution in [-0.4, -0.2) is 105 Å². The number of aromatic nitrogens is 5. The summed E-state index contributed by atoms with van der Waals surface area (Å²) in [5, 5.41) is 7.34. The number of alkyl halides is 3. The fraction of sp³-hybridized carbons (Fsp3) is 0.484. The van der Waals surface area contributed by atoms with Gasteiger partial charge in [0.15, 0.2) is 0 Å². The number of ether oxygens (including phenoxy) is 1. The largest absolute Gasteiger partial charge is 0.476 e. The van der Waals surface area contributed by atoms with Gasteiger partial charge in [-0.3, -0.25) is 19.8 Å². The summed E-state index contributed by atoms with van der Waals surface area (Å²) in [6.45, 7) is 2.47. The summed E-state index contributed by atoms with van der Waals surface area (Å²) in [5.74, 6) is 0.0207. The summed E-state index contributed by atoms with van der Waals surface area (Å²) < 4.78 is 52.2. The normalized spacial score (nSPS) is 18.8. The van der Waals surface area contributed by atoms with Crippen molar-refractivity contribution in [1.29, 1.82) is 0 Å². The molecule has 1 aromatic carbocycles. The van der Waals surface area contributed by atoms with E-state index in [2.05, 4.69) is 27.3 Å². The van der Waals surface area contributed by atoms with Crippen LogP contribution in [0.4, 0.5) is 24.8 Å². The fourth-order valence-corrected chi connectivity index (χ4v) is 6.19. The number of halogens is 3. The number of amides is 1. The lowest BCUT2D eigenvalue weighted by atomic mass is 10.1. The lowest BCUT2D eigenvalue weighted by Gasteiger charge is -2.34. The van der Waals surface area contributed by atoms with E-state index in [0.717, 1.165) is 44.7 Å². The number of aryl methyl sites for hydroxylation is 1. The molecule has 0 spiro atoms. The number of hydrogen-bond donors (Lipinski definition) is 1. The summed E-state index contributed by atoms with van der Waals surface area (Å²) >= 11 is 0. The van der Waals surface area contributed by atoms with Crippen LogP contribution >= 0.6 is 0 Å². The Hall–Kier alpha value is -4.37. The molecule has 1 saturated heterocycles. The minimum atomic E-state index is -4.43. The number of nitrogens with zero attached hydrogens (tertiary/aromatic N) is 8. The number of anilines is 2. The zero-order valence-corrected chi connectivity index (χ0v) is 25.8. The first-order valence-electron chi connectivity index (χ1n) is 15.5. The highest BCUT2D eigenvalue weighted by Gasteiger charge is 2.33. The van der Waals surface area contributed by atoms with E-state index in [1.165, 1.54) is 27.9 Å². The maximum Gasteiger partial charge on any atom is 0.401 e. The minimum absolute atomic E-state index is 0.0201. The van der Waals surface area contributed by atoms with Crippen molar-refractivity contribution < 1.29 is 22.7 Å². The zero-order chi connectivity index (χ0) is 32.2. The van der Waals surface area contributed by atoms with Crippen molar-refractivity contribution in [1.82, 2.24) is 33.7 Å². The predicted molar refractivity (Wildman–Crippen MR) is 167 cm³/mol. The van der Waals surface area contributed by atoms with Gasteiger partial charge >= 0.3 is 6.18 Å². The molecule has 46 heavy (non-hydrogen) atoms. The molecule has 2 fully saturated rings. The van der Waals surface area contributed by atoms with E-state index in [-0.39, 0.29) is 54.9 Å². The van der Waals surface area contributed by atoms with E-state index in [1.807, 2.05) is 18.2 Å². The molecule has 1 aliphatic carbocycles. The van der Waals surface area contributed by atoms with Crippen LogP contribution in [0.3, 0.4) is 0 Å². The first-order valence-corrected chi connectivity index (χ1v) is 15.5. The van der Waals surface area contributed by atoms with Crippen LogP contribution in [0.2, 0.25) is 0 Å². The highest BCUT2D eigenvalue weighted by molar-refractivity contribution is 6.04. The molecule has 4 aromatic rings. The molecule has 1 saturated carbocycles.